The Bertz CT molecular complexity index is 1030. The van der Waals surface area contributed by atoms with Crippen LogP contribution in [0.3, 0.4) is 0 Å². The minimum atomic E-state index is -0.323. The molecule has 3 aromatic rings. The number of nitrogens with one attached hydrogen (secondary N) is 1. The fourth-order valence-electron chi connectivity index (χ4n) is 3.19. The molecule has 0 radical (unpaired) electrons. The average Bonchev–Trinajstić information content (AvgIpc) is 2.76. The van der Waals surface area contributed by atoms with Gasteiger partial charge >= 0.3 is 0 Å². The van der Waals surface area contributed by atoms with Crippen molar-refractivity contribution in [3.8, 4) is 17.4 Å². The summed E-state index contributed by atoms with van der Waals surface area (Å²) in [4.78, 5) is 17.2. The summed E-state index contributed by atoms with van der Waals surface area (Å²) >= 11 is 0. The number of benzene rings is 2. The van der Waals surface area contributed by atoms with Crippen LogP contribution in [-0.2, 0) is 5.41 Å². The molecule has 0 aliphatic carbocycles. The van der Waals surface area contributed by atoms with Crippen LogP contribution in [0, 0.1) is 0 Å². The van der Waals surface area contributed by atoms with Crippen molar-refractivity contribution in [3.63, 3.8) is 0 Å². The minimum absolute atomic E-state index is 0.248. The molecule has 0 spiro atoms. The van der Waals surface area contributed by atoms with Crippen LogP contribution in [0.1, 0.15) is 29.9 Å². The molecule has 0 fully saturated rings. The fraction of sp³-hybridized carbons (Fsp3) is 0.304. The molecule has 2 aromatic carbocycles. The molecule has 0 saturated heterocycles. The zero-order valence-electron chi connectivity index (χ0n) is 17.4. The van der Waals surface area contributed by atoms with Gasteiger partial charge in [-0.1, -0.05) is 38.1 Å². The highest BCUT2D eigenvalue weighted by atomic mass is 16.5. The maximum atomic E-state index is 12.8. The van der Waals surface area contributed by atoms with Crippen LogP contribution in [0.15, 0.2) is 48.5 Å². The Morgan fingerprint density at radius 2 is 1.69 bits per heavy atom. The number of carbonyl (C=O) groups is 1. The molecule has 0 saturated carbocycles. The molecular weight excluding hydrogens is 368 g/mol. The Kier molecular flexibility index (Phi) is 5.92. The Morgan fingerprint density at radius 1 is 0.966 bits per heavy atom. The van der Waals surface area contributed by atoms with Gasteiger partial charge in [-0.2, -0.15) is 0 Å². The van der Waals surface area contributed by atoms with Crippen molar-refractivity contribution in [2.24, 2.45) is 0 Å². The number of fused-ring (bicyclic) bond motifs is 1. The van der Waals surface area contributed by atoms with Gasteiger partial charge in [0, 0.05) is 17.3 Å². The summed E-state index contributed by atoms with van der Waals surface area (Å²) in [5.41, 5.74) is 1.03. The first-order chi connectivity index (χ1) is 13.9. The standard InChI is InChI=1S/C23H26N2O4/c1-23(2,16-10-11-19(27-3)20(13-16)28-4)14-24-21(26)18-12-15-8-6-7-9-17(15)22(25-18)29-5/h6-13H,14H2,1-5H3,(H,24,26). The number of aromatic nitrogens is 1. The maximum absolute atomic E-state index is 12.8. The molecule has 0 atom stereocenters. The number of amides is 1. The SMILES string of the molecule is COc1ccc(C(C)(C)CNC(=O)c2cc3ccccc3c(OC)n2)cc1OC. The van der Waals surface area contributed by atoms with Gasteiger partial charge in [0.2, 0.25) is 5.88 Å². The number of rotatable bonds is 7. The lowest BCUT2D eigenvalue weighted by molar-refractivity contribution is 0.0940. The summed E-state index contributed by atoms with van der Waals surface area (Å²) in [7, 11) is 4.76. The molecule has 1 amide bonds. The van der Waals surface area contributed by atoms with Crippen molar-refractivity contribution in [1.29, 1.82) is 0 Å². The first-order valence-corrected chi connectivity index (χ1v) is 9.34. The van der Waals surface area contributed by atoms with Gasteiger partial charge in [-0.05, 0) is 35.2 Å². The molecule has 152 valence electrons. The molecule has 0 aliphatic heterocycles. The molecule has 0 aliphatic rings. The first-order valence-electron chi connectivity index (χ1n) is 9.34. The van der Waals surface area contributed by atoms with Gasteiger partial charge in [0.25, 0.3) is 5.91 Å². The van der Waals surface area contributed by atoms with Crippen LogP contribution in [0.2, 0.25) is 0 Å². The second-order valence-corrected chi connectivity index (χ2v) is 7.37. The second-order valence-electron chi connectivity index (χ2n) is 7.37. The van der Waals surface area contributed by atoms with Crippen molar-refractivity contribution in [2.45, 2.75) is 19.3 Å². The largest absolute Gasteiger partial charge is 0.493 e. The minimum Gasteiger partial charge on any atom is -0.493 e. The molecule has 1 aromatic heterocycles. The molecule has 0 bridgehead atoms. The monoisotopic (exact) mass is 394 g/mol. The van der Waals surface area contributed by atoms with Gasteiger partial charge in [-0.3, -0.25) is 4.79 Å². The topological polar surface area (TPSA) is 69.7 Å². The van der Waals surface area contributed by atoms with Gasteiger partial charge in [0.15, 0.2) is 11.5 Å². The summed E-state index contributed by atoms with van der Waals surface area (Å²) in [6.45, 7) is 4.55. The van der Waals surface area contributed by atoms with E-state index in [0.717, 1.165) is 16.3 Å². The number of ether oxygens (including phenoxy) is 3. The van der Waals surface area contributed by atoms with Crippen molar-refractivity contribution in [2.75, 3.05) is 27.9 Å². The van der Waals surface area contributed by atoms with E-state index in [0.29, 0.717) is 29.6 Å². The smallest absolute Gasteiger partial charge is 0.270 e. The van der Waals surface area contributed by atoms with Gasteiger partial charge in [0.1, 0.15) is 5.69 Å². The Hall–Kier alpha value is -3.28. The number of carbonyl (C=O) groups excluding carboxylic acids is 1. The average molecular weight is 394 g/mol. The summed E-state index contributed by atoms with van der Waals surface area (Å²) in [5.74, 6) is 1.52. The van der Waals surface area contributed by atoms with Crippen LogP contribution in [0.25, 0.3) is 10.8 Å². The second kappa shape index (κ2) is 8.39. The highest BCUT2D eigenvalue weighted by molar-refractivity contribution is 5.98. The fourth-order valence-corrected chi connectivity index (χ4v) is 3.19. The third-order valence-corrected chi connectivity index (χ3v) is 4.99. The molecular formula is C23H26N2O4. The lowest BCUT2D eigenvalue weighted by Crippen LogP contribution is -2.37. The molecule has 6 heteroatoms. The van der Waals surface area contributed by atoms with E-state index >= 15 is 0 Å². The van der Waals surface area contributed by atoms with E-state index in [1.807, 2.05) is 42.5 Å². The first kappa shape index (κ1) is 20.5. The maximum Gasteiger partial charge on any atom is 0.270 e. The van der Waals surface area contributed by atoms with Crippen molar-refractivity contribution in [3.05, 3.63) is 59.8 Å². The number of hydrogen-bond donors (Lipinski definition) is 1. The Labute approximate surface area is 170 Å². The Balaban J connectivity index is 1.80. The zero-order chi connectivity index (χ0) is 21.0. The molecule has 29 heavy (non-hydrogen) atoms. The predicted molar refractivity (Wildman–Crippen MR) is 113 cm³/mol. The highest BCUT2D eigenvalue weighted by Gasteiger charge is 2.24. The third kappa shape index (κ3) is 4.26. The van der Waals surface area contributed by atoms with E-state index in [1.54, 1.807) is 27.4 Å². The Morgan fingerprint density at radius 3 is 2.38 bits per heavy atom. The van der Waals surface area contributed by atoms with Crippen molar-refractivity contribution in [1.82, 2.24) is 10.3 Å². The van der Waals surface area contributed by atoms with E-state index in [2.05, 4.69) is 24.1 Å². The lowest BCUT2D eigenvalue weighted by Gasteiger charge is -2.26. The third-order valence-electron chi connectivity index (χ3n) is 4.99. The zero-order valence-corrected chi connectivity index (χ0v) is 17.4. The van der Waals surface area contributed by atoms with E-state index < -0.39 is 0 Å². The molecule has 0 unspecified atom stereocenters. The number of nitrogens with zero attached hydrogens (tertiary/aromatic N) is 1. The van der Waals surface area contributed by atoms with E-state index in [4.69, 9.17) is 14.2 Å². The summed E-state index contributed by atoms with van der Waals surface area (Å²) in [6, 6.07) is 15.2. The highest BCUT2D eigenvalue weighted by Crippen LogP contribution is 2.33. The van der Waals surface area contributed by atoms with Gasteiger partial charge in [0.05, 0.1) is 21.3 Å². The quantitative estimate of drug-likeness (QED) is 0.657. The predicted octanol–water partition coefficient (Wildman–Crippen LogP) is 3.97. The molecule has 3 rings (SSSR count). The molecule has 1 N–H and O–H groups in total. The molecule has 6 nitrogen and oxygen atoms in total. The van der Waals surface area contributed by atoms with Crippen LogP contribution in [0.4, 0.5) is 0 Å². The van der Waals surface area contributed by atoms with Crippen molar-refractivity contribution < 1.29 is 19.0 Å². The van der Waals surface area contributed by atoms with Crippen molar-refractivity contribution >= 4 is 16.7 Å². The van der Waals surface area contributed by atoms with Crippen LogP contribution in [0.5, 0.6) is 17.4 Å². The van der Waals surface area contributed by atoms with E-state index in [-0.39, 0.29) is 11.3 Å². The van der Waals surface area contributed by atoms with Gasteiger partial charge in [-0.15, -0.1) is 0 Å². The summed E-state index contributed by atoms with van der Waals surface area (Å²) in [6.07, 6.45) is 0. The van der Waals surface area contributed by atoms with Crippen LogP contribution >= 0.6 is 0 Å². The molecule has 1 heterocycles. The van der Waals surface area contributed by atoms with Gasteiger partial charge < -0.3 is 19.5 Å². The number of hydrogen-bond acceptors (Lipinski definition) is 5. The van der Waals surface area contributed by atoms with Gasteiger partial charge in [-0.25, -0.2) is 4.98 Å². The van der Waals surface area contributed by atoms with E-state index in [9.17, 15) is 4.79 Å². The van der Waals surface area contributed by atoms with Crippen LogP contribution < -0.4 is 19.5 Å². The van der Waals surface area contributed by atoms with Crippen LogP contribution in [-0.4, -0.2) is 38.8 Å². The number of pyridine rings is 1. The normalized spacial score (nSPS) is 11.2. The summed E-state index contributed by atoms with van der Waals surface area (Å²) < 4.78 is 16.1. The van der Waals surface area contributed by atoms with E-state index in [1.165, 1.54) is 0 Å². The summed E-state index contributed by atoms with van der Waals surface area (Å²) in [5, 5.41) is 4.77. The lowest BCUT2D eigenvalue weighted by atomic mass is 9.84. The number of methoxy groups -OCH3 is 3.